The Labute approximate surface area is 160 Å². The summed E-state index contributed by atoms with van der Waals surface area (Å²) in [4.78, 5) is 8.64. The first kappa shape index (κ1) is 16.7. The van der Waals surface area contributed by atoms with Crippen molar-refractivity contribution in [1.29, 1.82) is 0 Å². The first-order valence-corrected chi connectivity index (χ1v) is 9.89. The van der Waals surface area contributed by atoms with Crippen LogP contribution in [0.2, 0.25) is 0 Å². The van der Waals surface area contributed by atoms with Crippen LogP contribution in [0.1, 0.15) is 18.4 Å². The van der Waals surface area contributed by atoms with E-state index in [2.05, 4.69) is 15.3 Å². The number of fused-ring (bicyclic) bond motifs is 2. The molecule has 1 N–H and O–H groups in total. The Morgan fingerprint density at radius 3 is 3.19 bits per heavy atom. The number of furan rings is 1. The van der Waals surface area contributed by atoms with Gasteiger partial charge in [-0.2, -0.15) is 4.98 Å². The van der Waals surface area contributed by atoms with Crippen molar-refractivity contribution in [3.05, 3.63) is 48.4 Å². The third-order valence-electron chi connectivity index (χ3n) is 4.69. The smallest absolute Gasteiger partial charge is 0.281 e. The highest BCUT2D eigenvalue weighted by Gasteiger charge is 2.15. The minimum atomic E-state index is 0.339. The van der Waals surface area contributed by atoms with Crippen LogP contribution in [0.15, 0.2) is 47.2 Å². The average Bonchev–Trinajstić information content (AvgIpc) is 3.41. The molecule has 0 radical (unpaired) electrons. The highest BCUT2D eigenvalue weighted by Crippen LogP contribution is 2.32. The molecule has 138 valence electrons. The lowest BCUT2D eigenvalue weighted by Crippen LogP contribution is -2.25. The van der Waals surface area contributed by atoms with Gasteiger partial charge in [-0.1, -0.05) is 11.3 Å². The van der Waals surface area contributed by atoms with Crippen LogP contribution in [0.3, 0.4) is 0 Å². The molecule has 1 unspecified atom stereocenters. The topological polar surface area (TPSA) is 69.4 Å². The van der Waals surface area contributed by atoms with E-state index in [1.165, 1.54) is 11.3 Å². The molecule has 1 fully saturated rings. The Kier molecular flexibility index (Phi) is 4.49. The molecule has 4 heterocycles. The van der Waals surface area contributed by atoms with Crippen LogP contribution in [-0.2, 0) is 11.3 Å². The van der Waals surface area contributed by atoms with Gasteiger partial charge in [-0.25, -0.2) is 4.98 Å². The van der Waals surface area contributed by atoms with Crippen molar-refractivity contribution in [3.8, 4) is 10.9 Å². The van der Waals surface area contributed by atoms with Crippen LogP contribution in [0.4, 0.5) is 0 Å². The molecule has 1 aromatic carbocycles. The largest absolute Gasteiger partial charge is 0.464 e. The van der Waals surface area contributed by atoms with Crippen LogP contribution < -0.4 is 10.1 Å². The number of nitrogens with one attached hydrogen (secondary N) is 1. The van der Waals surface area contributed by atoms with Crippen molar-refractivity contribution in [2.75, 3.05) is 13.2 Å². The fourth-order valence-corrected chi connectivity index (χ4v) is 4.13. The Hall–Kier alpha value is -2.48. The molecule has 0 amide bonds. The average molecular weight is 381 g/mol. The summed E-state index contributed by atoms with van der Waals surface area (Å²) in [5.74, 6) is 0.703. The molecule has 7 heteroatoms. The monoisotopic (exact) mass is 381 g/mol. The van der Waals surface area contributed by atoms with Gasteiger partial charge in [0.15, 0.2) is 5.65 Å². The van der Waals surface area contributed by atoms with Crippen molar-refractivity contribution in [3.63, 3.8) is 0 Å². The second-order valence-electron chi connectivity index (χ2n) is 6.59. The third-order valence-corrected chi connectivity index (χ3v) is 5.58. The van der Waals surface area contributed by atoms with Crippen molar-refractivity contribution >= 4 is 32.7 Å². The number of thiazole rings is 1. The quantitative estimate of drug-likeness (QED) is 0.530. The Morgan fingerprint density at radius 1 is 1.30 bits per heavy atom. The van der Waals surface area contributed by atoms with Crippen LogP contribution in [-0.4, -0.2) is 29.2 Å². The van der Waals surface area contributed by atoms with Gasteiger partial charge < -0.3 is 19.2 Å². The lowest BCUT2D eigenvalue weighted by atomic mass is 10.1. The van der Waals surface area contributed by atoms with Gasteiger partial charge in [0.1, 0.15) is 11.3 Å². The maximum atomic E-state index is 5.90. The summed E-state index contributed by atoms with van der Waals surface area (Å²) in [6.07, 6.45) is 6.18. The lowest BCUT2D eigenvalue weighted by molar-refractivity contribution is 0.110. The van der Waals surface area contributed by atoms with Crippen LogP contribution >= 0.6 is 11.3 Å². The van der Waals surface area contributed by atoms with Gasteiger partial charge in [-0.15, -0.1) is 0 Å². The standard InChI is InChI=1S/C20H19N3O3S/c1-4-18-19(22-7-1)23-20(27-18)26-14-5-6-16-13(12-25-17(16)9-14)10-21-11-15-3-2-8-24-15/h1,4-7,9,12,15,21H,2-3,8,10-11H2. The summed E-state index contributed by atoms with van der Waals surface area (Å²) < 4.78 is 18.3. The van der Waals surface area contributed by atoms with Gasteiger partial charge in [0.2, 0.25) is 0 Å². The first-order chi connectivity index (χ1) is 13.3. The molecule has 27 heavy (non-hydrogen) atoms. The number of rotatable bonds is 6. The molecule has 1 atom stereocenters. The minimum absolute atomic E-state index is 0.339. The molecule has 1 aliphatic heterocycles. The Balaban J connectivity index is 1.29. The molecule has 0 bridgehead atoms. The molecule has 5 rings (SSSR count). The van der Waals surface area contributed by atoms with Gasteiger partial charge in [0.05, 0.1) is 17.1 Å². The summed E-state index contributed by atoms with van der Waals surface area (Å²) in [5, 5.41) is 5.13. The maximum absolute atomic E-state index is 5.90. The van der Waals surface area contributed by atoms with E-state index in [9.17, 15) is 0 Å². The number of ether oxygens (including phenoxy) is 2. The molecule has 0 saturated carbocycles. The summed E-state index contributed by atoms with van der Waals surface area (Å²) in [7, 11) is 0. The zero-order valence-electron chi connectivity index (χ0n) is 14.7. The zero-order chi connectivity index (χ0) is 18.1. The first-order valence-electron chi connectivity index (χ1n) is 9.07. The van der Waals surface area contributed by atoms with Gasteiger partial charge in [0, 0.05) is 42.9 Å². The predicted molar refractivity (Wildman–Crippen MR) is 104 cm³/mol. The molecule has 4 aromatic rings. The summed E-state index contributed by atoms with van der Waals surface area (Å²) >= 11 is 1.48. The van der Waals surface area contributed by atoms with Crippen molar-refractivity contribution in [1.82, 2.24) is 15.3 Å². The molecule has 1 saturated heterocycles. The molecule has 6 nitrogen and oxygen atoms in total. The minimum Gasteiger partial charge on any atom is -0.464 e. The zero-order valence-corrected chi connectivity index (χ0v) is 15.5. The molecular weight excluding hydrogens is 362 g/mol. The SMILES string of the molecule is c1cnc2nc(Oc3ccc4c(CNCC5CCCO5)coc4c3)sc2c1. The highest BCUT2D eigenvalue weighted by molar-refractivity contribution is 7.20. The Bertz CT molecular complexity index is 1040. The number of aromatic nitrogens is 2. The van der Waals surface area contributed by atoms with Gasteiger partial charge in [0.25, 0.3) is 5.19 Å². The summed E-state index contributed by atoms with van der Waals surface area (Å²) in [5.41, 5.74) is 2.65. The fraction of sp³-hybridized carbons (Fsp3) is 0.300. The van der Waals surface area contributed by atoms with Gasteiger partial charge in [-0.05, 0) is 37.1 Å². The van der Waals surface area contributed by atoms with Crippen LogP contribution in [0.25, 0.3) is 21.3 Å². The van der Waals surface area contributed by atoms with E-state index in [1.54, 1.807) is 12.5 Å². The predicted octanol–water partition coefficient (Wildman–Crippen LogP) is 4.50. The Morgan fingerprint density at radius 2 is 2.30 bits per heavy atom. The molecule has 0 spiro atoms. The van der Waals surface area contributed by atoms with E-state index in [-0.39, 0.29) is 0 Å². The number of nitrogens with zero attached hydrogens (tertiary/aromatic N) is 2. The van der Waals surface area contributed by atoms with Crippen LogP contribution in [0.5, 0.6) is 10.9 Å². The number of hydrogen-bond donors (Lipinski definition) is 1. The van der Waals surface area contributed by atoms with E-state index in [4.69, 9.17) is 13.9 Å². The van der Waals surface area contributed by atoms with Crippen molar-refractivity contribution in [2.45, 2.75) is 25.5 Å². The lowest BCUT2D eigenvalue weighted by Gasteiger charge is -2.09. The third kappa shape index (κ3) is 3.53. The molecule has 0 aliphatic carbocycles. The number of hydrogen-bond acceptors (Lipinski definition) is 7. The van der Waals surface area contributed by atoms with Crippen LogP contribution in [0, 0.1) is 0 Å². The van der Waals surface area contributed by atoms with E-state index in [0.717, 1.165) is 53.8 Å². The van der Waals surface area contributed by atoms with Gasteiger partial charge >= 0.3 is 0 Å². The second kappa shape index (κ2) is 7.26. The van der Waals surface area contributed by atoms with E-state index in [0.29, 0.717) is 22.7 Å². The summed E-state index contributed by atoms with van der Waals surface area (Å²) in [6, 6.07) is 9.76. The van der Waals surface area contributed by atoms with E-state index in [1.807, 2.05) is 30.3 Å². The second-order valence-corrected chi connectivity index (χ2v) is 7.59. The number of benzene rings is 1. The normalized spacial score (nSPS) is 17.1. The highest BCUT2D eigenvalue weighted by atomic mass is 32.1. The fourth-order valence-electron chi connectivity index (χ4n) is 3.33. The van der Waals surface area contributed by atoms with Gasteiger partial charge in [-0.3, -0.25) is 0 Å². The number of pyridine rings is 1. The molecular formula is C20H19N3O3S. The van der Waals surface area contributed by atoms with Crippen molar-refractivity contribution < 1.29 is 13.9 Å². The van der Waals surface area contributed by atoms with Crippen molar-refractivity contribution in [2.24, 2.45) is 0 Å². The maximum Gasteiger partial charge on any atom is 0.281 e. The van der Waals surface area contributed by atoms with E-state index >= 15 is 0 Å². The van der Waals surface area contributed by atoms with E-state index < -0.39 is 0 Å². The summed E-state index contributed by atoms with van der Waals surface area (Å²) in [6.45, 7) is 2.52. The molecule has 3 aromatic heterocycles. The molecule has 1 aliphatic rings.